The number of aromatic nitrogens is 2. The van der Waals surface area contributed by atoms with Crippen molar-refractivity contribution in [3.05, 3.63) is 18.2 Å². The highest BCUT2D eigenvalue weighted by molar-refractivity contribution is 4.98. The van der Waals surface area contributed by atoms with Gasteiger partial charge in [0.25, 0.3) is 0 Å². The van der Waals surface area contributed by atoms with Gasteiger partial charge in [0.05, 0.1) is 0 Å². The Kier molecular flexibility index (Phi) is 3.19. The van der Waals surface area contributed by atoms with Crippen molar-refractivity contribution < 1.29 is 0 Å². The summed E-state index contributed by atoms with van der Waals surface area (Å²) in [6, 6.07) is 0.855. The Labute approximate surface area is 104 Å². The van der Waals surface area contributed by atoms with Gasteiger partial charge >= 0.3 is 0 Å². The van der Waals surface area contributed by atoms with Crippen molar-refractivity contribution in [1.82, 2.24) is 14.9 Å². The van der Waals surface area contributed by atoms with Crippen LogP contribution in [0.4, 0.5) is 0 Å². The molecule has 0 aromatic carbocycles. The maximum absolute atomic E-state index is 4.49. The average molecular weight is 233 g/mol. The molecule has 3 rings (SSSR count). The number of nitrogens with one attached hydrogen (secondary N) is 1. The molecule has 0 radical (unpaired) electrons. The van der Waals surface area contributed by atoms with Crippen LogP contribution in [0.15, 0.2) is 12.4 Å². The minimum atomic E-state index is 0.855. The van der Waals surface area contributed by atoms with E-state index in [-0.39, 0.29) is 0 Å². The normalized spacial score (nSPS) is 28.1. The van der Waals surface area contributed by atoms with Gasteiger partial charge in [0.2, 0.25) is 0 Å². The van der Waals surface area contributed by atoms with Gasteiger partial charge in [-0.1, -0.05) is 0 Å². The van der Waals surface area contributed by atoms with Crippen LogP contribution in [0.3, 0.4) is 0 Å². The first-order valence-electron chi connectivity index (χ1n) is 7.10. The van der Waals surface area contributed by atoms with Crippen LogP contribution in [0.2, 0.25) is 0 Å². The first kappa shape index (κ1) is 11.3. The molecule has 0 bridgehead atoms. The molecule has 2 fully saturated rings. The summed E-state index contributed by atoms with van der Waals surface area (Å²) in [4.78, 5) is 4.49. The molecule has 2 saturated carbocycles. The molecule has 3 heteroatoms. The zero-order chi connectivity index (χ0) is 11.7. The fourth-order valence-corrected chi connectivity index (χ4v) is 2.83. The molecule has 0 amide bonds. The summed E-state index contributed by atoms with van der Waals surface area (Å²) in [6.07, 6.45) is 10.8. The summed E-state index contributed by atoms with van der Waals surface area (Å²) in [5.41, 5.74) is 0. The van der Waals surface area contributed by atoms with Crippen LogP contribution in [-0.4, -0.2) is 22.1 Å². The lowest BCUT2D eigenvalue weighted by atomic mass is 9.71. The Balaban J connectivity index is 1.50. The van der Waals surface area contributed by atoms with Crippen LogP contribution in [0, 0.1) is 11.8 Å². The van der Waals surface area contributed by atoms with Crippen molar-refractivity contribution in [1.29, 1.82) is 0 Å². The fraction of sp³-hybridized carbons (Fsp3) is 0.786. The number of rotatable bonds is 6. The minimum absolute atomic E-state index is 0.855. The zero-order valence-electron chi connectivity index (χ0n) is 10.7. The summed E-state index contributed by atoms with van der Waals surface area (Å²) in [5, 5.41) is 3.67. The van der Waals surface area contributed by atoms with Gasteiger partial charge in [-0.25, -0.2) is 4.98 Å². The van der Waals surface area contributed by atoms with Gasteiger partial charge in [-0.15, -0.1) is 0 Å². The molecule has 94 valence electrons. The van der Waals surface area contributed by atoms with Crippen LogP contribution in [0.25, 0.3) is 0 Å². The SMILES string of the molecule is CCn1ccnc1CC1CCC1CNC1CC1. The molecule has 17 heavy (non-hydrogen) atoms. The Bertz CT molecular complexity index is 367. The van der Waals surface area contributed by atoms with Crippen molar-refractivity contribution in [2.24, 2.45) is 11.8 Å². The average Bonchev–Trinajstić information content (AvgIpc) is 3.02. The van der Waals surface area contributed by atoms with Crippen LogP contribution in [0.1, 0.15) is 38.4 Å². The number of hydrogen-bond donors (Lipinski definition) is 1. The fourth-order valence-electron chi connectivity index (χ4n) is 2.83. The van der Waals surface area contributed by atoms with Crippen molar-refractivity contribution >= 4 is 0 Å². The van der Waals surface area contributed by atoms with Crippen molar-refractivity contribution in [3.8, 4) is 0 Å². The molecule has 2 aliphatic carbocycles. The van der Waals surface area contributed by atoms with Gasteiger partial charge in [0.1, 0.15) is 5.82 Å². The lowest BCUT2D eigenvalue weighted by Gasteiger charge is -2.37. The quantitative estimate of drug-likeness (QED) is 0.816. The largest absolute Gasteiger partial charge is 0.335 e. The molecule has 1 N–H and O–H groups in total. The van der Waals surface area contributed by atoms with E-state index in [9.17, 15) is 0 Å². The van der Waals surface area contributed by atoms with Crippen molar-refractivity contribution in [2.75, 3.05) is 6.54 Å². The van der Waals surface area contributed by atoms with Gasteiger partial charge in [-0.05, 0) is 51.0 Å². The Morgan fingerprint density at radius 3 is 2.76 bits per heavy atom. The van der Waals surface area contributed by atoms with E-state index in [0.29, 0.717) is 0 Å². The first-order chi connectivity index (χ1) is 8.36. The second-order valence-electron chi connectivity index (χ2n) is 5.61. The third kappa shape index (κ3) is 2.54. The van der Waals surface area contributed by atoms with Crippen molar-refractivity contribution in [3.63, 3.8) is 0 Å². The van der Waals surface area contributed by atoms with Gasteiger partial charge in [0, 0.05) is 31.4 Å². The summed E-state index contributed by atoms with van der Waals surface area (Å²) in [5.74, 6) is 3.06. The monoisotopic (exact) mass is 233 g/mol. The molecule has 1 heterocycles. The number of aryl methyl sites for hydroxylation is 1. The number of hydrogen-bond acceptors (Lipinski definition) is 2. The molecule has 0 aliphatic heterocycles. The Hall–Kier alpha value is -0.830. The van der Waals surface area contributed by atoms with Crippen LogP contribution in [-0.2, 0) is 13.0 Å². The van der Waals surface area contributed by atoms with E-state index in [1.54, 1.807) is 0 Å². The molecule has 2 aliphatic rings. The van der Waals surface area contributed by atoms with E-state index in [1.165, 1.54) is 44.5 Å². The lowest BCUT2D eigenvalue weighted by molar-refractivity contribution is 0.166. The Morgan fingerprint density at radius 1 is 1.29 bits per heavy atom. The first-order valence-corrected chi connectivity index (χ1v) is 7.10. The van der Waals surface area contributed by atoms with E-state index in [4.69, 9.17) is 0 Å². The summed E-state index contributed by atoms with van der Waals surface area (Å²) >= 11 is 0. The van der Waals surface area contributed by atoms with Gasteiger partial charge < -0.3 is 9.88 Å². The molecule has 0 spiro atoms. The van der Waals surface area contributed by atoms with Crippen LogP contribution in [0.5, 0.6) is 0 Å². The van der Waals surface area contributed by atoms with Crippen LogP contribution < -0.4 is 5.32 Å². The standard InChI is InChI=1S/C14H23N3/c1-2-17-8-7-15-14(17)9-11-3-4-12(11)10-16-13-5-6-13/h7-8,11-13,16H,2-6,9-10H2,1H3. The molecule has 2 atom stereocenters. The maximum Gasteiger partial charge on any atom is 0.108 e. The second-order valence-corrected chi connectivity index (χ2v) is 5.61. The predicted molar refractivity (Wildman–Crippen MR) is 68.8 cm³/mol. The molecule has 1 aromatic rings. The molecular weight excluding hydrogens is 210 g/mol. The van der Waals surface area contributed by atoms with E-state index >= 15 is 0 Å². The maximum atomic E-state index is 4.49. The third-order valence-corrected chi connectivity index (χ3v) is 4.41. The molecule has 2 unspecified atom stereocenters. The molecular formula is C14H23N3. The summed E-state index contributed by atoms with van der Waals surface area (Å²) in [7, 11) is 0. The third-order valence-electron chi connectivity index (χ3n) is 4.41. The highest BCUT2D eigenvalue weighted by atomic mass is 15.1. The van der Waals surface area contributed by atoms with E-state index < -0.39 is 0 Å². The lowest BCUT2D eigenvalue weighted by Crippen LogP contribution is -2.37. The van der Waals surface area contributed by atoms with E-state index in [0.717, 1.165) is 24.4 Å². The van der Waals surface area contributed by atoms with Crippen molar-refractivity contribution in [2.45, 2.75) is 51.6 Å². The smallest absolute Gasteiger partial charge is 0.108 e. The zero-order valence-corrected chi connectivity index (χ0v) is 10.7. The van der Waals surface area contributed by atoms with Gasteiger partial charge in [0.15, 0.2) is 0 Å². The van der Waals surface area contributed by atoms with E-state index in [1.807, 2.05) is 6.20 Å². The topological polar surface area (TPSA) is 29.9 Å². The van der Waals surface area contributed by atoms with Gasteiger partial charge in [-0.2, -0.15) is 0 Å². The van der Waals surface area contributed by atoms with Crippen LogP contribution >= 0.6 is 0 Å². The highest BCUT2D eigenvalue weighted by Gasteiger charge is 2.33. The molecule has 0 saturated heterocycles. The van der Waals surface area contributed by atoms with Gasteiger partial charge in [-0.3, -0.25) is 0 Å². The second kappa shape index (κ2) is 4.81. The Morgan fingerprint density at radius 2 is 2.12 bits per heavy atom. The molecule has 1 aromatic heterocycles. The van der Waals surface area contributed by atoms with E-state index in [2.05, 4.69) is 28.0 Å². The summed E-state index contributed by atoms with van der Waals surface area (Å²) in [6.45, 7) is 4.48. The summed E-state index contributed by atoms with van der Waals surface area (Å²) < 4.78 is 2.28. The number of nitrogens with zero attached hydrogens (tertiary/aromatic N) is 2. The predicted octanol–water partition coefficient (Wildman–Crippen LogP) is 2.22. The molecule has 3 nitrogen and oxygen atoms in total. The highest BCUT2D eigenvalue weighted by Crippen LogP contribution is 2.36. The number of imidazole rings is 1. The minimum Gasteiger partial charge on any atom is -0.335 e.